The monoisotopic (exact) mass is 304 g/mol. The molecule has 0 saturated carbocycles. The number of benzene rings is 3. The molecule has 0 amide bonds. The highest BCUT2D eigenvalue weighted by molar-refractivity contribution is 5.96. The van der Waals surface area contributed by atoms with E-state index < -0.39 is 0 Å². The fourth-order valence-corrected chi connectivity index (χ4v) is 3.31. The first-order valence-electron chi connectivity index (χ1n) is 7.65. The number of esters is 1. The highest BCUT2D eigenvalue weighted by Gasteiger charge is 2.31. The van der Waals surface area contributed by atoms with Gasteiger partial charge in [-0.15, -0.1) is 0 Å². The van der Waals surface area contributed by atoms with Gasteiger partial charge in [0.1, 0.15) is 11.5 Å². The molecule has 23 heavy (non-hydrogen) atoms. The largest absolute Gasteiger partial charge is 0.507 e. The van der Waals surface area contributed by atoms with Gasteiger partial charge in [0.25, 0.3) is 0 Å². The Morgan fingerprint density at radius 1 is 1.04 bits per heavy atom. The van der Waals surface area contributed by atoms with Crippen molar-refractivity contribution in [3.05, 3.63) is 71.3 Å². The third-order valence-corrected chi connectivity index (χ3v) is 4.45. The molecule has 4 rings (SSSR count). The Morgan fingerprint density at radius 3 is 2.48 bits per heavy atom. The van der Waals surface area contributed by atoms with Crippen LogP contribution in [0.2, 0.25) is 0 Å². The lowest BCUT2D eigenvalue weighted by Crippen LogP contribution is -2.21. The Bertz CT molecular complexity index is 910. The van der Waals surface area contributed by atoms with Crippen molar-refractivity contribution in [3.63, 3.8) is 0 Å². The third kappa shape index (κ3) is 2.25. The molecule has 0 saturated heterocycles. The maximum atomic E-state index is 12.0. The van der Waals surface area contributed by atoms with Crippen LogP contribution in [0.15, 0.2) is 54.6 Å². The van der Waals surface area contributed by atoms with Crippen LogP contribution >= 0.6 is 0 Å². The number of aryl methyl sites for hydroxylation is 1. The normalized spacial score (nSPS) is 16.9. The lowest BCUT2D eigenvalue weighted by molar-refractivity contribution is -0.135. The summed E-state index contributed by atoms with van der Waals surface area (Å²) in [4.78, 5) is 12.0. The molecule has 1 N–H and O–H groups in total. The van der Waals surface area contributed by atoms with E-state index in [0.717, 1.165) is 21.9 Å². The van der Waals surface area contributed by atoms with Gasteiger partial charge in [-0.2, -0.15) is 0 Å². The predicted molar refractivity (Wildman–Crippen MR) is 88.9 cm³/mol. The molecule has 0 bridgehead atoms. The summed E-state index contributed by atoms with van der Waals surface area (Å²) in [5.41, 5.74) is 3.24. The Labute approximate surface area is 134 Å². The van der Waals surface area contributed by atoms with Gasteiger partial charge >= 0.3 is 5.97 Å². The quantitative estimate of drug-likeness (QED) is 0.539. The van der Waals surface area contributed by atoms with Crippen molar-refractivity contribution in [2.24, 2.45) is 0 Å². The first-order valence-corrected chi connectivity index (χ1v) is 7.65. The second kappa shape index (κ2) is 5.13. The molecular weight excluding hydrogens is 288 g/mol. The van der Waals surface area contributed by atoms with Crippen LogP contribution in [0.1, 0.15) is 29.0 Å². The van der Waals surface area contributed by atoms with Gasteiger partial charge in [-0.25, -0.2) is 0 Å². The van der Waals surface area contributed by atoms with E-state index in [1.165, 1.54) is 5.56 Å². The van der Waals surface area contributed by atoms with Crippen LogP contribution in [-0.2, 0) is 4.79 Å². The molecule has 1 heterocycles. The Morgan fingerprint density at radius 2 is 1.74 bits per heavy atom. The first kappa shape index (κ1) is 13.8. The van der Waals surface area contributed by atoms with E-state index in [9.17, 15) is 9.90 Å². The van der Waals surface area contributed by atoms with Gasteiger partial charge in [-0.1, -0.05) is 54.1 Å². The summed E-state index contributed by atoms with van der Waals surface area (Å²) in [6, 6.07) is 17.5. The molecule has 0 spiro atoms. The lowest BCUT2D eigenvalue weighted by atomic mass is 9.83. The number of aromatic hydroxyl groups is 1. The summed E-state index contributed by atoms with van der Waals surface area (Å²) in [6.07, 6.45) is 0.310. The SMILES string of the molecule is Cc1ccc(C2CC(=O)Oc3cc(O)c4ccccc4c32)cc1. The molecule has 1 atom stereocenters. The molecule has 3 nitrogen and oxygen atoms in total. The minimum absolute atomic E-state index is 0.0580. The van der Waals surface area contributed by atoms with Crippen molar-refractivity contribution in [1.29, 1.82) is 0 Å². The van der Waals surface area contributed by atoms with E-state index in [0.29, 0.717) is 12.2 Å². The number of fused-ring (bicyclic) bond motifs is 3. The van der Waals surface area contributed by atoms with E-state index in [4.69, 9.17) is 4.74 Å². The van der Waals surface area contributed by atoms with E-state index in [-0.39, 0.29) is 17.6 Å². The molecule has 0 aromatic heterocycles. The van der Waals surface area contributed by atoms with E-state index >= 15 is 0 Å². The third-order valence-electron chi connectivity index (χ3n) is 4.45. The van der Waals surface area contributed by atoms with Crippen molar-refractivity contribution >= 4 is 16.7 Å². The summed E-state index contributed by atoms with van der Waals surface area (Å²) in [6.45, 7) is 2.04. The highest BCUT2D eigenvalue weighted by Crippen LogP contribution is 2.45. The van der Waals surface area contributed by atoms with Crippen LogP contribution in [0.5, 0.6) is 11.5 Å². The number of rotatable bonds is 1. The van der Waals surface area contributed by atoms with Gasteiger partial charge in [0.2, 0.25) is 0 Å². The number of phenolic OH excluding ortho intramolecular Hbond substituents is 1. The van der Waals surface area contributed by atoms with Gasteiger partial charge in [0.15, 0.2) is 0 Å². The Hall–Kier alpha value is -2.81. The van der Waals surface area contributed by atoms with Crippen molar-refractivity contribution in [3.8, 4) is 11.5 Å². The van der Waals surface area contributed by atoms with E-state index in [1.807, 2.05) is 31.2 Å². The molecule has 0 radical (unpaired) electrons. The number of phenols is 1. The maximum absolute atomic E-state index is 12.0. The number of ether oxygens (including phenoxy) is 1. The highest BCUT2D eigenvalue weighted by atomic mass is 16.5. The van der Waals surface area contributed by atoms with Crippen LogP contribution in [0.4, 0.5) is 0 Å². The summed E-state index contributed by atoms with van der Waals surface area (Å²) in [5, 5.41) is 11.9. The molecule has 1 aliphatic rings. The zero-order valence-corrected chi connectivity index (χ0v) is 12.7. The van der Waals surface area contributed by atoms with Crippen molar-refractivity contribution in [2.75, 3.05) is 0 Å². The molecule has 0 fully saturated rings. The van der Waals surface area contributed by atoms with Gasteiger partial charge in [-0.05, 0) is 17.9 Å². The summed E-state index contributed by atoms with van der Waals surface area (Å²) in [5.74, 6) is 0.273. The van der Waals surface area contributed by atoms with Crippen LogP contribution in [0, 0.1) is 6.92 Å². The minimum Gasteiger partial charge on any atom is -0.507 e. The zero-order chi connectivity index (χ0) is 16.0. The predicted octanol–water partition coefficient (Wildman–Crippen LogP) is 4.29. The number of hydrogen-bond donors (Lipinski definition) is 1. The molecule has 3 heteroatoms. The Balaban J connectivity index is 2.00. The van der Waals surface area contributed by atoms with Gasteiger partial charge in [-0.3, -0.25) is 4.79 Å². The van der Waals surface area contributed by atoms with Gasteiger partial charge < -0.3 is 9.84 Å². The average molecular weight is 304 g/mol. The fraction of sp³-hybridized carbons (Fsp3) is 0.150. The molecular formula is C20H16O3. The number of carbonyl (C=O) groups excluding carboxylic acids is 1. The van der Waals surface area contributed by atoms with Crippen LogP contribution < -0.4 is 4.74 Å². The second-order valence-corrected chi connectivity index (χ2v) is 5.99. The summed E-state index contributed by atoms with van der Waals surface area (Å²) in [7, 11) is 0. The zero-order valence-electron chi connectivity index (χ0n) is 12.7. The molecule has 114 valence electrons. The topological polar surface area (TPSA) is 46.5 Å². The van der Waals surface area contributed by atoms with Gasteiger partial charge in [0, 0.05) is 22.9 Å². The van der Waals surface area contributed by atoms with Gasteiger partial charge in [0.05, 0.1) is 6.42 Å². The number of hydrogen-bond acceptors (Lipinski definition) is 3. The van der Waals surface area contributed by atoms with Crippen LogP contribution in [0.25, 0.3) is 10.8 Å². The van der Waals surface area contributed by atoms with E-state index in [1.54, 1.807) is 6.07 Å². The number of carbonyl (C=O) groups is 1. The van der Waals surface area contributed by atoms with Crippen molar-refractivity contribution in [1.82, 2.24) is 0 Å². The van der Waals surface area contributed by atoms with Crippen LogP contribution in [0.3, 0.4) is 0 Å². The standard InChI is InChI=1S/C20H16O3/c1-12-6-8-13(9-7-12)16-10-19(22)23-18-11-17(21)14-4-2-3-5-15(14)20(16)18/h2-9,11,16,21H,10H2,1H3. The second-order valence-electron chi connectivity index (χ2n) is 5.99. The minimum atomic E-state index is -0.266. The molecule has 1 aliphatic heterocycles. The lowest BCUT2D eigenvalue weighted by Gasteiger charge is -2.27. The van der Waals surface area contributed by atoms with Crippen molar-refractivity contribution < 1.29 is 14.6 Å². The molecule has 3 aromatic rings. The molecule has 1 unspecified atom stereocenters. The molecule has 3 aromatic carbocycles. The van der Waals surface area contributed by atoms with Crippen LogP contribution in [-0.4, -0.2) is 11.1 Å². The smallest absolute Gasteiger partial charge is 0.312 e. The van der Waals surface area contributed by atoms with Crippen molar-refractivity contribution in [2.45, 2.75) is 19.3 Å². The first-order chi connectivity index (χ1) is 11.1. The summed E-state index contributed by atoms with van der Waals surface area (Å²) < 4.78 is 5.40. The maximum Gasteiger partial charge on any atom is 0.312 e. The molecule has 0 aliphatic carbocycles. The van der Waals surface area contributed by atoms with E-state index in [2.05, 4.69) is 24.3 Å². The fourth-order valence-electron chi connectivity index (χ4n) is 3.31. The average Bonchev–Trinajstić information content (AvgIpc) is 2.55. The Kier molecular flexibility index (Phi) is 3.08. The summed E-state index contributed by atoms with van der Waals surface area (Å²) >= 11 is 0.